The molecule has 0 unspecified atom stereocenters. The summed E-state index contributed by atoms with van der Waals surface area (Å²) in [6.07, 6.45) is 0. The highest BCUT2D eigenvalue weighted by molar-refractivity contribution is 9.16. The maximum atomic E-state index is 17.1. The first-order chi connectivity index (χ1) is 36.5. The Balaban J connectivity index is 1.38. The van der Waals surface area contributed by atoms with Crippen LogP contribution in [-0.2, 0) is 4.57 Å². The molecular weight excluding hydrogens is 2180 g/mol. The highest BCUT2D eigenvalue weighted by atomic mass is 79.9. The molecule has 0 N–H and O–H groups in total. The van der Waals surface area contributed by atoms with Crippen LogP contribution in [0.25, 0.3) is 66.8 Å². The van der Waals surface area contributed by atoms with E-state index in [9.17, 15) is 0 Å². The summed E-state index contributed by atoms with van der Waals surface area (Å²) in [5.41, 5.74) is 8.46. The molecule has 0 aliphatic rings. The lowest BCUT2D eigenvalue weighted by atomic mass is 9.94. The fourth-order valence-electron chi connectivity index (χ4n) is 8.10. The van der Waals surface area contributed by atoms with Gasteiger partial charge in [-0.2, -0.15) is 4.57 Å². The van der Waals surface area contributed by atoms with Gasteiger partial charge in [0.25, 0.3) is 0 Å². The van der Waals surface area contributed by atoms with Crippen LogP contribution >= 0.6 is 295 Å². The Bertz CT molecular complexity index is 3560. The second-order valence-corrected chi connectivity index (χ2v) is 32.2. The maximum absolute atomic E-state index is 17.1. The monoisotopic (exact) mass is 2180 g/mol. The molecule has 0 aliphatic heterocycles. The zero-order valence-electron chi connectivity index (χ0n) is 37.5. The van der Waals surface area contributed by atoms with Gasteiger partial charge in [0, 0.05) is 114 Å². The molecule has 9 aromatic rings. The minimum Gasteiger partial charge on any atom is -0.385 e. The van der Waals surface area contributed by atoms with E-state index in [-0.39, 0.29) is 17.2 Å². The van der Waals surface area contributed by atoms with Crippen molar-refractivity contribution in [3.05, 3.63) is 208 Å². The van der Waals surface area contributed by atoms with Gasteiger partial charge in [-0.05, 0) is 375 Å². The van der Waals surface area contributed by atoms with Gasteiger partial charge in [0.05, 0.1) is 0 Å². The number of phosphoric ester groups is 1. The van der Waals surface area contributed by atoms with E-state index in [1.807, 2.05) is 109 Å². The van der Waals surface area contributed by atoms with E-state index in [4.69, 9.17) is 13.6 Å². The van der Waals surface area contributed by atoms with E-state index in [1.165, 1.54) is 0 Å². The van der Waals surface area contributed by atoms with E-state index in [2.05, 4.69) is 287 Å². The first kappa shape index (κ1) is 62.8. The zero-order valence-corrected chi connectivity index (χ0v) is 67.0. The standard InChI is InChI=1S/C54H21Br18O4P/c55-31-16-10-25(43(61)49(31)67)22-4-1-7-37(40(22)28-13-19-34(58)52(70)46(28)64)74-77(73,75-38-8-2-5-23(26-11-17-32(56)50(68)44(26)62)41(38)29-14-20-35(59)53(71)47(29)65)76-39-9-3-6-24(27-12-18-33(57)51(69)45(27)63)42(39)30-15-21-36(60)54(72)48(30)66/h1-21H. The van der Waals surface area contributed by atoms with Crippen LogP contribution in [0, 0.1) is 0 Å². The van der Waals surface area contributed by atoms with Crippen LogP contribution in [0.1, 0.15) is 0 Å². The topological polar surface area (TPSA) is 44.8 Å². The summed E-state index contributed by atoms with van der Waals surface area (Å²) >= 11 is 68.1. The number of rotatable bonds is 12. The van der Waals surface area contributed by atoms with Crippen LogP contribution in [0.5, 0.6) is 17.2 Å². The molecule has 392 valence electrons. The molecule has 0 aromatic heterocycles. The highest BCUT2D eigenvalue weighted by Gasteiger charge is 2.39. The van der Waals surface area contributed by atoms with Gasteiger partial charge in [-0.25, -0.2) is 0 Å². The van der Waals surface area contributed by atoms with Gasteiger partial charge in [0.1, 0.15) is 17.2 Å². The third-order valence-electron chi connectivity index (χ3n) is 11.6. The van der Waals surface area contributed by atoms with Crippen LogP contribution < -0.4 is 13.6 Å². The van der Waals surface area contributed by atoms with Gasteiger partial charge in [-0.3, -0.25) is 0 Å². The molecule has 9 rings (SSSR count). The number of hydrogen-bond acceptors (Lipinski definition) is 4. The van der Waals surface area contributed by atoms with Crippen molar-refractivity contribution in [2.45, 2.75) is 0 Å². The van der Waals surface area contributed by atoms with Gasteiger partial charge in [0.15, 0.2) is 0 Å². The summed E-state index contributed by atoms with van der Waals surface area (Å²) in [7, 11) is -5.05. The van der Waals surface area contributed by atoms with Crippen molar-refractivity contribution in [2.24, 2.45) is 0 Å². The molecule has 0 saturated heterocycles. The Labute approximate surface area is 594 Å². The summed E-state index contributed by atoms with van der Waals surface area (Å²) in [4.78, 5) is 0. The Morgan fingerprint density at radius 1 is 0.221 bits per heavy atom. The molecule has 0 radical (unpaired) electrons. The van der Waals surface area contributed by atoms with Crippen molar-refractivity contribution >= 4 is 295 Å². The fourth-order valence-corrected chi connectivity index (χ4v) is 18.4. The molecule has 0 atom stereocenters. The lowest BCUT2D eigenvalue weighted by Gasteiger charge is -2.26. The normalized spacial score (nSPS) is 11.6. The summed E-state index contributed by atoms with van der Waals surface area (Å²) in [6.45, 7) is 0. The van der Waals surface area contributed by atoms with Crippen molar-refractivity contribution in [1.82, 2.24) is 0 Å². The van der Waals surface area contributed by atoms with Crippen molar-refractivity contribution in [2.75, 3.05) is 0 Å². The molecule has 0 spiro atoms. The average molecular weight is 2200 g/mol. The van der Waals surface area contributed by atoms with Crippen molar-refractivity contribution in [3.63, 3.8) is 0 Å². The first-order valence-electron chi connectivity index (χ1n) is 21.4. The van der Waals surface area contributed by atoms with Crippen LogP contribution in [0.2, 0.25) is 0 Å². The van der Waals surface area contributed by atoms with E-state index < -0.39 is 7.82 Å². The Kier molecular flexibility index (Phi) is 21.6. The van der Waals surface area contributed by atoms with Gasteiger partial charge in [-0.1, -0.05) is 72.8 Å². The quantitative estimate of drug-likeness (QED) is 0.0903. The molecule has 23 heteroatoms. The molecule has 4 nitrogen and oxygen atoms in total. The molecule has 0 aliphatic carbocycles. The third kappa shape index (κ3) is 12.9. The summed E-state index contributed by atoms with van der Waals surface area (Å²) in [6, 6.07) is 40.3. The first-order valence-corrected chi connectivity index (χ1v) is 37.2. The van der Waals surface area contributed by atoms with Crippen molar-refractivity contribution in [1.29, 1.82) is 0 Å². The third-order valence-corrected chi connectivity index (χ3v) is 33.1. The highest BCUT2D eigenvalue weighted by Crippen LogP contribution is 2.60. The largest absolute Gasteiger partial charge is 0.647 e. The van der Waals surface area contributed by atoms with Crippen LogP contribution in [0.3, 0.4) is 0 Å². The number of hydrogen-bond donors (Lipinski definition) is 0. The minimum atomic E-state index is -5.05. The van der Waals surface area contributed by atoms with Crippen molar-refractivity contribution in [3.8, 4) is 84.0 Å². The second-order valence-electron chi connectivity index (χ2n) is 16.1. The predicted octanol–water partition coefficient (Wildman–Crippen LogP) is 29.1. The predicted molar refractivity (Wildman–Crippen MR) is 380 cm³/mol. The fraction of sp³-hybridized carbons (Fsp3) is 0. The molecule has 9 aromatic carbocycles. The van der Waals surface area contributed by atoms with Crippen LogP contribution in [0.15, 0.2) is 208 Å². The summed E-state index contributed by atoms with van der Waals surface area (Å²) in [5.74, 6) is 0.546. The maximum Gasteiger partial charge on any atom is 0.647 e. The smallest absolute Gasteiger partial charge is 0.385 e. The zero-order chi connectivity index (χ0) is 55.5. The summed E-state index contributed by atoms with van der Waals surface area (Å²) in [5, 5.41) is 0. The van der Waals surface area contributed by atoms with E-state index in [1.54, 1.807) is 18.2 Å². The van der Waals surface area contributed by atoms with Gasteiger partial charge >= 0.3 is 7.82 Å². The van der Waals surface area contributed by atoms with Gasteiger partial charge in [-0.15, -0.1) is 0 Å². The number of phosphoric acid groups is 1. The molecule has 0 saturated carbocycles. The van der Waals surface area contributed by atoms with E-state index in [0.717, 1.165) is 100 Å². The average Bonchev–Trinajstić information content (AvgIpc) is 3.45. The van der Waals surface area contributed by atoms with Gasteiger partial charge in [0.2, 0.25) is 0 Å². The van der Waals surface area contributed by atoms with Crippen molar-refractivity contribution < 1.29 is 18.1 Å². The van der Waals surface area contributed by atoms with Gasteiger partial charge < -0.3 is 13.6 Å². The molecule has 0 fully saturated rings. The second kappa shape index (κ2) is 26.5. The number of halogens is 18. The SMILES string of the molecule is O=P(Oc1cccc(-c2ccc(Br)c(Br)c2Br)c1-c1ccc(Br)c(Br)c1Br)(Oc1cccc(-c2ccc(Br)c(Br)c2Br)c1-c1ccc(Br)c(Br)c1Br)Oc1cccc(-c2ccc(Br)c(Br)c2Br)c1-c1ccc(Br)c(Br)c1Br. The summed E-state index contributed by atoms with van der Waals surface area (Å²) < 4.78 is 52.5. The molecule has 0 amide bonds. The Morgan fingerprint density at radius 2 is 0.416 bits per heavy atom. The minimum absolute atomic E-state index is 0.182. The molecule has 77 heavy (non-hydrogen) atoms. The van der Waals surface area contributed by atoms with Crippen LogP contribution in [0.4, 0.5) is 0 Å². The molecule has 0 heterocycles. The van der Waals surface area contributed by atoms with E-state index >= 15 is 4.57 Å². The molecule has 0 bridgehead atoms. The lowest BCUT2D eigenvalue weighted by molar-refractivity contribution is 0.299. The Morgan fingerprint density at radius 3 is 0.636 bits per heavy atom. The van der Waals surface area contributed by atoms with Crippen LogP contribution in [-0.4, -0.2) is 0 Å². The lowest BCUT2D eigenvalue weighted by Crippen LogP contribution is -2.10. The number of benzene rings is 9. The Hall–Kier alpha value is 1.25. The molecular formula is C54H21Br18O4P. The van der Waals surface area contributed by atoms with E-state index in [0.29, 0.717) is 46.8 Å².